The summed E-state index contributed by atoms with van der Waals surface area (Å²) in [5.74, 6) is -0.635. The number of hydrogen-bond acceptors (Lipinski definition) is 4. The third-order valence-electron chi connectivity index (χ3n) is 2.79. The fourth-order valence-corrected chi connectivity index (χ4v) is 3.03. The second kappa shape index (κ2) is 5.79. The van der Waals surface area contributed by atoms with Gasteiger partial charge in [-0.15, -0.1) is 0 Å². The maximum atomic E-state index is 11.9. The zero-order chi connectivity index (χ0) is 13.1. The van der Waals surface area contributed by atoms with Crippen LogP contribution >= 0.6 is 0 Å². The van der Waals surface area contributed by atoms with Gasteiger partial charge in [0.2, 0.25) is 0 Å². The van der Waals surface area contributed by atoms with Crippen LogP contribution in [-0.2, 0) is 19.7 Å². The van der Waals surface area contributed by atoms with Gasteiger partial charge in [-0.1, -0.05) is 0 Å². The summed E-state index contributed by atoms with van der Waals surface area (Å²) < 4.78 is 31.3. The first-order chi connectivity index (χ1) is 7.89. The molecule has 100 valence electrons. The lowest BCUT2D eigenvalue weighted by molar-refractivity contribution is -0.149. The van der Waals surface area contributed by atoms with E-state index in [9.17, 15) is 13.2 Å². The van der Waals surface area contributed by atoms with Gasteiger partial charge in [0.1, 0.15) is 0 Å². The molecule has 0 aromatic rings. The highest BCUT2D eigenvalue weighted by Gasteiger charge is 2.33. The van der Waals surface area contributed by atoms with Gasteiger partial charge in [0.25, 0.3) is 10.2 Å². The summed E-state index contributed by atoms with van der Waals surface area (Å²) in [5, 5.41) is 0. The van der Waals surface area contributed by atoms with Gasteiger partial charge in [-0.3, -0.25) is 4.79 Å². The molecular formula is C10H20N2O4S. The van der Waals surface area contributed by atoms with Crippen LogP contribution in [0.2, 0.25) is 0 Å². The lowest BCUT2D eigenvalue weighted by atomic mass is 10.0. The van der Waals surface area contributed by atoms with Crippen LogP contribution < -0.4 is 0 Å². The molecule has 7 heteroatoms. The zero-order valence-corrected chi connectivity index (χ0v) is 11.4. The van der Waals surface area contributed by atoms with Gasteiger partial charge in [-0.25, -0.2) is 0 Å². The van der Waals surface area contributed by atoms with Crippen LogP contribution in [0.25, 0.3) is 0 Å². The molecule has 0 radical (unpaired) electrons. The van der Waals surface area contributed by atoms with Crippen molar-refractivity contribution in [2.45, 2.75) is 19.8 Å². The highest BCUT2D eigenvalue weighted by Crippen LogP contribution is 2.21. The Morgan fingerprint density at radius 1 is 1.47 bits per heavy atom. The Hall–Kier alpha value is -0.660. The molecular weight excluding hydrogens is 244 g/mol. The average molecular weight is 264 g/mol. The van der Waals surface area contributed by atoms with E-state index in [0.717, 1.165) is 0 Å². The number of ether oxygens (including phenoxy) is 1. The Labute approximate surface area is 103 Å². The van der Waals surface area contributed by atoms with Gasteiger partial charge in [0.15, 0.2) is 0 Å². The molecule has 0 spiro atoms. The number of carbonyl (C=O) groups is 1. The number of carbonyl (C=O) groups excluding carboxylic acids is 1. The highest BCUT2D eigenvalue weighted by atomic mass is 32.2. The second-order valence-electron chi connectivity index (χ2n) is 4.24. The maximum absolute atomic E-state index is 11.9. The number of hydrogen-bond donors (Lipinski definition) is 0. The summed E-state index contributed by atoms with van der Waals surface area (Å²) in [6.07, 6.45) is 1.38. The standard InChI is InChI=1S/C10H20N2O4S/c1-4-16-10(13)9-6-5-7-12(8-9)17(14,15)11(2)3/h9H,4-8H2,1-3H3. The van der Waals surface area contributed by atoms with E-state index in [4.69, 9.17) is 4.74 Å². The van der Waals surface area contributed by atoms with E-state index in [1.807, 2.05) is 0 Å². The predicted molar refractivity (Wildman–Crippen MR) is 63.5 cm³/mol. The highest BCUT2D eigenvalue weighted by molar-refractivity contribution is 7.86. The quantitative estimate of drug-likeness (QED) is 0.674. The molecule has 1 aliphatic rings. The van der Waals surface area contributed by atoms with Crippen molar-refractivity contribution in [3.63, 3.8) is 0 Å². The summed E-state index contributed by atoms with van der Waals surface area (Å²) in [7, 11) is -0.444. The van der Waals surface area contributed by atoms with Crippen LogP contribution in [0.5, 0.6) is 0 Å². The van der Waals surface area contributed by atoms with Crippen molar-refractivity contribution in [1.82, 2.24) is 8.61 Å². The third kappa shape index (κ3) is 3.40. The monoisotopic (exact) mass is 264 g/mol. The number of esters is 1. The molecule has 1 unspecified atom stereocenters. The van der Waals surface area contributed by atoms with Gasteiger partial charge in [0, 0.05) is 27.2 Å². The molecule has 0 aliphatic carbocycles. The largest absolute Gasteiger partial charge is 0.466 e. The Morgan fingerprint density at radius 3 is 2.65 bits per heavy atom. The van der Waals surface area contributed by atoms with Crippen molar-refractivity contribution in [1.29, 1.82) is 0 Å². The summed E-state index contributed by atoms with van der Waals surface area (Å²) in [4.78, 5) is 11.6. The summed E-state index contributed by atoms with van der Waals surface area (Å²) >= 11 is 0. The maximum Gasteiger partial charge on any atom is 0.310 e. The van der Waals surface area contributed by atoms with Crippen molar-refractivity contribution in [3.8, 4) is 0 Å². The van der Waals surface area contributed by atoms with E-state index >= 15 is 0 Å². The van der Waals surface area contributed by atoms with Gasteiger partial charge in [0.05, 0.1) is 12.5 Å². The van der Waals surface area contributed by atoms with E-state index < -0.39 is 10.2 Å². The molecule has 1 fully saturated rings. The molecule has 1 aliphatic heterocycles. The fourth-order valence-electron chi connectivity index (χ4n) is 1.84. The van der Waals surface area contributed by atoms with Crippen molar-refractivity contribution in [3.05, 3.63) is 0 Å². The molecule has 1 saturated heterocycles. The van der Waals surface area contributed by atoms with E-state index in [2.05, 4.69) is 0 Å². The smallest absolute Gasteiger partial charge is 0.310 e. The van der Waals surface area contributed by atoms with Gasteiger partial charge < -0.3 is 4.74 Å². The molecule has 6 nitrogen and oxygen atoms in total. The molecule has 1 atom stereocenters. The van der Waals surface area contributed by atoms with Crippen LogP contribution in [0.4, 0.5) is 0 Å². The number of nitrogens with zero attached hydrogens (tertiary/aromatic N) is 2. The van der Waals surface area contributed by atoms with E-state index in [-0.39, 0.29) is 18.4 Å². The van der Waals surface area contributed by atoms with Crippen molar-refractivity contribution in [2.75, 3.05) is 33.8 Å². The third-order valence-corrected chi connectivity index (χ3v) is 4.70. The first-order valence-electron chi connectivity index (χ1n) is 5.73. The average Bonchev–Trinajstić information content (AvgIpc) is 2.29. The van der Waals surface area contributed by atoms with E-state index in [1.165, 1.54) is 22.7 Å². The Kier molecular flexibility index (Phi) is 4.91. The van der Waals surface area contributed by atoms with E-state index in [0.29, 0.717) is 26.0 Å². The topological polar surface area (TPSA) is 66.9 Å². The number of piperidine rings is 1. The molecule has 0 aromatic heterocycles. The molecule has 1 rings (SSSR count). The summed E-state index contributed by atoms with van der Waals surface area (Å²) in [6, 6.07) is 0. The first-order valence-corrected chi connectivity index (χ1v) is 7.13. The normalized spacial score (nSPS) is 22.7. The van der Waals surface area contributed by atoms with Gasteiger partial charge >= 0.3 is 5.97 Å². The molecule has 0 aromatic carbocycles. The van der Waals surface area contributed by atoms with Crippen LogP contribution in [0, 0.1) is 5.92 Å². The van der Waals surface area contributed by atoms with Crippen molar-refractivity contribution in [2.24, 2.45) is 5.92 Å². The van der Waals surface area contributed by atoms with Crippen LogP contribution in [0.15, 0.2) is 0 Å². The minimum atomic E-state index is -3.42. The first kappa shape index (κ1) is 14.4. The minimum Gasteiger partial charge on any atom is -0.466 e. The number of rotatable bonds is 4. The van der Waals surface area contributed by atoms with Crippen LogP contribution in [0.3, 0.4) is 0 Å². The molecule has 0 amide bonds. The summed E-state index contributed by atoms with van der Waals surface area (Å²) in [5.41, 5.74) is 0. The van der Waals surface area contributed by atoms with E-state index in [1.54, 1.807) is 6.92 Å². The molecule has 1 heterocycles. The predicted octanol–water partition coefficient (Wildman–Crippen LogP) is 0.0679. The molecule has 0 N–H and O–H groups in total. The van der Waals surface area contributed by atoms with Crippen LogP contribution in [-0.4, -0.2) is 56.8 Å². The zero-order valence-electron chi connectivity index (χ0n) is 10.5. The SMILES string of the molecule is CCOC(=O)C1CCCN(S(=O)(=O)N(C)C)C1. The lowest BCUT2D eigenvalue weighted by Crippen LogP contribution is -2.47. The van der Waals surface area contributed by atoms with Gasteiger partial charge in [-0.2, -0.15) is 17.0 Å². The van der Waals surface area contributed by atoms with Crippen molar-refractivity contribution >= 4 is 16.2 Å². The molecule has 0 saturated carbocycles. The lowest BCUT2D eigenvalue weighted by Gasteiger charge is -2.32. The molecule has 17 heavy (non-hydrogen) atoms. The molecule has 0 bridgehead atoms. The Morgan fingerprint density at radius 2 is 2.12 bits per heavy atom. The van der Waals surface area contributed by atoms with Crippen molar-refractivity contribution < 1.29 is 17.9 Å². The van der Waals surface area contributed by atoms with Gasteiger partial charge in [-0.05, 0) is 19.8 Å². The fraction of sp³-hybridized carbons (Fsp3) is 0.900. The Balaban J connectivity index is 2.70. The van der Waals surface area contributed by atoms with Crippen LogP contribution in [0.1, 0.15) is 19.8 Å². The Bertz CT molecular complexity index is 367. The second-order valence-corrected chi connectivity index (χ2v) is 6.38. The summed E-state index contributed by atoms with van der Waals surface area (Å²) in [6.45, 7) is 2.76. The minimum absolute atomic E-state index is 0.222.